The zero-order chi connectivity index (χ0) is 12.8. The van der Waals surface area contributed by atoms with Gasteiger partial charge in [-0.3, -0.25) is 9.59 Å². The quantitative estimate of drug-likeness (QED) is 0.626. The van der Waals surface area contributed by atoms with Gasteiger partial charge in [0.25, 0.3) is 11.7 Å². The van der Waals surface area contributed by atoms with Crippen LogP contribution in [0, 0.1) is 5.82 Å². The van der Waals surface area contributed by atoms with E-state index in [0.717, 1.165) is 12.5 Å². The van der Waals surface area contributed by atoms with Crippen molar-refractivity contribution in [3.63, 3.8) is 0 Å². The van der Waals surface area contributed by atoms with E-state index in [1.807, 2.05) is 6.92 Å². The van der Waals surface area contributed by atoms with Crippen LogP contribution in [-0.2, 0) is 4.79 Å². The number of carbonyl (C=O) groups excluding carboxylic acids is 2. The van der Waals surface area contributed by atoms with Crippen molar-refractivity contribution in [2.75, 3.05) is 13.7 Å². The third kappa shape index (κ3) is 3.27. The van der Waals surface area contributed by atoms with Crippen molar-refractivity contribution in [1.82, 2.24) is 5.32 Å². The molecule has 92 valence electrons. The molecule has 17 heavy (non-hydrogen) atoms. The molecule has 4 nitrogen and oxygen atoms in total. The minimum Gasteiger partial charge on any atom is -0.496 e. The summed E-state index contributed by atoms with van der Waals surface area (Å²) < 4.78 is 17.9. The smallest absolute Gasteiger partial charge is 0.292 e. The molecule has 5 heteroatoms. The monoisotopic (exact) mass is 239 g/mol. The van der Waals surface area contributed by atoms with Crippen LogP contribution in [0.4, 0.5) is 4.39 Å². The number of halogens is 1. The Morgan fingerprint density at radius 3 is 2.71 bits per heavy atom. The van der Waals surface area contributed by atoms with E-state index >= 15 is 0 Å². The fourth-order valence-electron chi connectivity index (χ4n) is 1.30. The Labute approximate surface area is 98.8 Å². The molecule has 0 aliphatic heterocycles. The topological polar surface area (TPSA) is 55.4 Å². The molecule has 0 atom stereocenters. The summed E-state index contributed by atoms with van der Waals surface area (Å²) in [6.07, 6.45) is 0.722. The molecule has 0 fully saturated rings. The molecule has 1 amide bonds. The molecule has 1 rings (SSSR count). The molecule has 0 bridgehead atoms. The van der Waals surface area contributed by atoms with Crippen molar-refractivity contribution in [1.29, 1.82) is 0 Å². The van der Waals surface area contributed by atoms with Crippen molar-refractivity contribution >= 4 is 11.7 Å². The first-order valence-corrected chi connectivity index (χ1v) is 5.26. The Morgan fingerprint density at radius 2 is 2.12 bits per heavy atom. The first-order valence-electron chi connectivity index (χ1n) is 5.26. The fourth-order valence-corrected chi connectivity index (χ4v) is 1.30. The predicted octanol–water partition coefficient (Wildman–Crippen LogP) is 1.54. The lowest BCUT2D eigenvalue weighted by molar-refractivity contribution is -0.117. The maximum absolute atomic E-state index is 13.0. The second-order valence-electron chi connectivity index (χ2n) is 3.43. The number of carbonyl (C=O) groups is 2. The summed E-state index contributed by atoms with van der Waals surface area (Å²) in [6.45, 7) is 2.27. The molecular formula is C12H14FNO3. The molecule has 0 aromatic heterocycles. The number of amides is 1. The van der Waals surface area contributed by atoms with Gasteiger partial charge in [0.2, 0.25) is 0 Å². The van der Waals surface area contributed by atoms with Crippen LogP contribution in [0.25, 0.3) is 0 Å². The summed E-state index contributed by atoms with van der Waals surface area (Å²) in [4.78, 5) is 23.2. The summed E-state index contributed by atoms with van der Waals surface area (Å²) in [5.41, 5.74) is -0.0684. The molecule has 0 saturated carbocycles. The standard InChI is InChI=1S/C12H14FNO3/c1-3-6-14-12(16)11(15)9-7-8(13)4-5-10(9)17-2/h4-5,7H,3,6H2,1-2H3,(H,14,16). The Hall–Kier alpha value is -1.91. The van der Waals surface area contributed by atoms with Crippen molar-refractivity contribution in [2.24, 2.45) is 0 Å². The number of nitrogens with one attached hydrogen (secondary N) is 1. The molecule has 0 radical (unpaired) electrons. The van der Waals surface area contributed by atoms with Crippen LogP contribution < -0.4 is 10.1 Å². The number of hydrogen-bond acceptors (Lipinski definition) is 3. The van der Waals surface area contributed by atoms with Gasteiger partial charge >= 0.3 is 0 Å². The van der Waals surface area contributed by atoms with E-state index in [9.17, 15) is 14.0 Å². The van der Waals surface area contributed by atoms with Gasteiger partial charge in [-0.25, -0.2) is 4.39 Å². The van der Waals surface area contributed by atoms with Crippen LogP contribution in [0.15, 0.2) is 18.2 Å². The van der Waals surface area contributed by atoms with Crippen LogP contribution in [0.2, 0.25) is 0 Å². The van der Waals surface area contributed by atoms with Gasteiger partial charge in [-0.15, -0.1) is 0 Å². The van der Waals surface area contributed by atoms with Gasteiger partial charge in [0.1, 0.15) is 11.6 Å². The zero-order valence-corrected chi connectivity index (χ0v) is 9.75. The van der Waals surface area contributed by atoms with E-state index in [0.29, 0.717) is 6.54 Å². The molecule has 0 heterocycles. The molecule has 1 N–H and O–H groups in total. The fraction of sp³-hybridized carbons (Fsp3) is 0.333. The maximum Gasteiger partial charge on any atom is 0.292 e. The van der Waals surface area contributed by atoms with Crippen molar-refractivity contribution < 1.29 is 18.7 Å². The summed E-state index contributed by atoms with van der Waals surface area (Å²) in [5.74, 6) is -1.95. The Balaban J connectivity index is 2.94. The van der Waals surface area contributed by atoms with Gasteiger partial charge in [-0.05, 0) is 24.6 Å². The number of ether oxygens (including phenoxy) is 1. The van der Waals surface area contributed by atoms with Gasteiger partial charge in [-0.2, -0.15) is 0 Å². The highest BCUT2D eigenvalue weighted by molar-refractivity contribution is 6.43. The SMILES string of the molecule is CCCNC(=O)C(=O)c1cc(F)ccc1OC. The van der Waals surface area contributed by atoms with E-state index in [1.54, 1.807) is 0 Å². The Kier molecular flexibility index (Phi) is 4.63. The molecule has 0 spiro atoms. The first-order chi connectivity index (χ1) is 8.10. The lowest BCUT2D eigenvalue weighted by atomic mass is 10.1. The Morgan fingerprint density at radius 1 is 1.41 bits per heavy atom. The second-order valence-corrected chi connectivity index (χ2v) is 3.43. The first kappa shape index (κ1) is 13.2. The Bertz CT molecular complexity index is 432. The molecule has 1 aromatic carbocycles. The van der Waals surface area contributed by atoms with E-state index in [4.69, 9.17) is 4.74 Å². The second kappa shape index (κ2) is 5.98. The highest BCUT2D eigenvalue weighted by atomic mass is 19.1. The van der Waals surface area contributed by atoms with Gasteiger partial charge in [0.05, 0.1) is 12.7 Å². The van der Waals surface area contributed by atoms with Crippen LogP contribution in [0.3, 0.4) is 0 Å². The average molecular weight is 239 g/mol. The molecule has 0 aliphatic rings. The third-order valence-electron chi connectivity index (χ3n) is 2.15. The molecule has 0 saturated heterocycles. The van der Waals surface area contributed by atoms with Gasteiger partial charge in [0, 0.05) is 6.54 Å². The van der Waals surface area contributed by atoms with Crippen molar-refractivity contribution in [2.45, 2.75) is 13.3 Å². The number of benzene rings is 1. The van der Waals surface area contributed by atoms with Crippen LogP contribution in [0.1, 0.15) is 23.7 Å². The summed E-state index contributed by atoms with van der Waals surface area (Å²) in [5, 5.41) is 2.43. The summed E-state index contributed by atoms with van der Waals surface area (Å²) in [6, 6.07) is 3.47. The molecule has 1 aromatic rings. The summed E-state index contributed by atoms with van der Waals surface area (Å²) >= 11 is 0. The molecule has 0 unspecified atom stereocenters. The minimum absolute atomic E-state index is 0.0684. The summed E-state index contributed by atoms with van der Waals surface area (Å²) in [7, 11) is 1.36. The maximum atomic E-state index is 13.0. The number of hydrogen-bond donors (Lipinski definition) is 1. The van der Waals surface area contributed by atoms with Crippen molar-refractivity contribution in [3.8, 4) is 5.75 Å². The van der Waals surface area contributed by atoms with E-state index < -0.39 is 17.5 Å². The normalized spacial score (nSPS) is 9.82. The zero-order valence-electron chi connectivity index (χ0n) is 9.75. The van der Waals surface area contributed by atoms with Gasteiger partial charge < -0.3 is 10.1 Å². The molecule has 0 aliphatic carbocycles. The molecular weight excluding hydrogens is 225 g/mol. The van der Waals surface area contributed by atoms with Crippen molar-refractivity contribution in [3.05, 3.63) is 29.6 Å². The minimum atomic E-state index is -0.796. The van der Waals surface area contributed by atoms with E-state index in [1.165, 1.54) is 19.2 Å². The third-order valence-corrected chi connectivity index (χ3v) is 2.15. The highest BCUT2D eigenvalue weighted by Gasteiger charge is 2.20. The number of ketones is 1. The largest absolute Gasteiger partial charge is 0.496 e. The number of methoxy groups -OCH3 is 1. The van der Waals surface area contributed by atoms with Crippen LogP contribution in [0.5, 0.6) is 5.75 Å². The number of Topliss-reactive ketones (excluding diaryl/α,β-unsaturated/α-hetero) is 1. The van der Waals surface area contributed by atoms with E-state index in [-0.39, 0.29) is 11.3 Å². The van der Waals surface area contributed by atoms with E-state index in [2.05, 4.69) is 5.32 Å². The average Bonchev–Trinajstić information content (AvgIpc) is 2.34. The lowest BCUT2D eigenvalue weighted by Crippen LogP contribution is -2.31. The lowest BCUT2D eigenvalue weighted by Gasteiger charge is -2.07. The van der Waals surface area contributed by atoms with Gasteiger partial charge in [-0.1, -0.05) is 6.92 Å². The number of rotatable bonds is 5. The predicted molar refractivity (Wildman–Crippen MR) is 60.6 cm³/mol. The van der Waals surface area contributed by atoms with Crippen LogP contribution >= 0.6 is 0 Å². The van der Waals surface area contributed by atoms with Gasteiger partial charge in [0.15, 0.2) is 0 Å². The van der Waals surface area contributed by atoms with Crippen LogP contribution in [-0.4, -0.2) is 25.3 Å². The highest BCUT2D eigenvalue weighted by Crippen LogP contribution is 2.19.